The van der Waals surface area contributed by atoms with Crippen molar-refractivity contribution in [2.24, 2.45) is 0 Å². The fourth-order valence-electron chi connectivity index (χ4n) is 10.9. The van der Waals surface area contributed by atoms with Crippen LogP contribution in [0.2, 0.25) is 0 Å². The van der Waals surface area contributed by atoms with Crippen molar-refractivity contribution in [1.82, 2.24) is 24.1 Å². The standard InChI is InChI=1S/C67H49N5/c1-42-32-43(2)35-52(34-42)50-24-28-56-57-29-25-51(53-36-44(3)33-45(4)37-53)41-64(57)72(63(56)40-50)62-31-27-49(48-26-30-61-58(38-48)55-22-14-15-23-60(55)71(61)54-20-12-7-13-21-54)39-59(62)67-69-65(46-16-8-5-9-17-46)68-66(70-67)47-18-10-6-11-19-47/h5-41H,1-4H3. The van der Waals surface area contributed by atoms with Gasteiger partial charge < -0.3 is 9.13 Å². The molecule has 13 rings (SSSR count). The van der Waals surface area contributed by atoms with Gasteiger partial charge in [-0.15, -0.1) is 0 Å². The van der Waals surface area contributed by atoms with E-state index in [0.29, 0.717) is 17.5 Å². The number of hydrogen-bond donors (Lipinski definition) is 0. The van der Waals surface area contributed by atoms with E-state index < -0.39 is 0 Å². The van der Waals surface area contributed by atoms with E-state index in [1.807, 2.05) is 36.4 Å². The van der Waals surface area contributed by atoms with Crippen LogP contribution < -0.4 is 0 Å². The van der Waals surface area contributed by atoms with Crippen molar-refractivity contribution in [2.75, 3.05) is 0 Å². The van der Waals surface area contributed by atoms with E-state index in [4.69, 9.17) is 15.0 Å². The van der Waals surface area contributed by atoms with Crippen LogP contribution in [-0.4, -0.2) is 24.1 Å². The molecule has 0 spiro atoms. The third-order valence-corrected chi connectivity index (χ3v) is 14.1. The molecule has 13 aromatic rings. The largest absolute Gasteiger partial charge is 0.309 e. The van der Waals surface area contributed by atoms with Crippen LogP contribution in [-0.2, 0) is 0 Å². The van der Waals surface area contributed by atoms with Crippen LogP contribution in [0.25, 0.3) is 123 Å². The molecule has 72 heavy (non-hydrogen) atoms. The summed E-state index contributed by atoms with van der Waals surface area (Å²) in [7, 11) is 0. The van der Waals surface area contributed by atoms with Gasteiger partial charge in [-0.2, -0.15) is 0 Å². The first-order valence-corrected chi connectivity index (χ1v) is 24.7. The zero-order valence-electron chi connectivity index (χ0n) is 40.6. The maximum absolute atomic E-state index is 5.42. The molecule has 0 saturated carbocycles. The van der Waals surface area contributed by atoms with Gasteiger partial charge >= 0.3 is 0 Å². The maximum atomic E-state index is 5.42. The van der Waals surface area contributed by atoms with Crippen LogP contribution in [0.4, 0.5) is 0 Å². The van der Waals surface area contributed by atoms with E-state index in [9.17, 15) is 0 Å². The molecule has 0 aliphatic carbocycles. The first kappa shape index (κ1) is 42.9. The number of aromatic nitrogens is 5. The van der Waals surface area contributed by atoms with Crippen molar-refractivity contribution in [3.63, 3.8) is 0 Å². The Bertz CT molecular complexity index is 4030. The zero-order chi connectivity index (χ0) is 48.5. The third-order valence-electron chi connectivity index (χ3n) is 14.1. The van der Waals surface area contributed by atoms with Gasteiger partial charge in [-0.3, -0.25) is 0 Å². The molecule has 0 unspecified atom stereocenters. The minimum atomic E-state index is 0.590. The Balaban J connectivity index is 1.11. The molecule has 3 heterocycles. The highest BCUT2D eigenvalue weighted by Crippen LogP contribution is 2.42. The van der Waals surface area contributed by atoms with Crippen molar-refractivity contribution in [3.05, 3.63) is 247 Å². The number of aryl methyl sites for hydroxylation is 4. The number of nitrogens with zero attached hydrogens (tertiary/aromatic N) is 5. The Morgan fingerprint density at radius 2 is 0.694 bits per heavy atom. The molecule has 5 nitrogen and oxygen atoms in total. The molecule has 0 saturated heterocycles. The molecule has 0 aliphatic heterocycles. The monoisotopic (exact) mass is 923 g/mol. The Hall–Kier alpha value is -9.19. The fourth-order valence-corrected chi connectivity index (χ4v) is 10.9. The molecule has 0 N–H and O–H groups in total. The summed E-state index contributed by atoms with van der Waals surface area (Å²) < 4.78 is 4.82. The second-order valence-corrected chi connectivity index (χ2v) is 19.2. The average molecular weight is 924 g/mol. The third kappa shape index (κ3) is 7.54. The van der Waals surface area contributed by atoms with Crippen molar-refractivity contribution >= 4 is 43.6 Å². The molecule has 3 aromatic heterocycles. The summed E-state index contributed by atoms with van der Waals surface area (Å²) in [5.74, 6) is 1.82. The second kappa shape index (κ2) is 17.3. The fraction of sp³-hybridized carbons (Fsp3) is 0.0597. The predicted molar refractivity (Wildman–Crippen MR) is 300 cm³/mol. The summed E-state index contributed by atoms with van der Waals surface area (Å²) in [5, 5.41) is 4.74. The van der Waals surface area contributed by atoms with Crippen molar-refractivity contribution in [2.45, 2.75) is 27.7 Å². The van der Waals surface area contributed by atoms with Gasteiger partial charge in [0.1, 0.15) is 0 Å². The molecule has 342 valence electrons. The highest BCUT2D eigenvalue weighted by atomic mass is 15.1. The molecule has 10 aromatic carbocycles. The van der Waals surface area contributed by atoms with Gasteiger partial charge in [-0.25, -0.2) is 15.0 Å². The van der Waals surface area contributed by atoms with Crippen LogP contribution in [0.1, 0.15) is 22.3 Å². The first-order valence-electron chi connectivity index (χ1n) is 24.7. The van der Waals surface area contributed by atoms with Crippen LogP contribution >= 0.6 is 0 Å². The number of benzene rings is 10. The van der Waals surface area contributed by atoms with E-state index in [0.717, 1.165) is 66.9 Å². The zero-order valence-corrected chi connectivity index (χ0v) is 40.6. The topological polar surface area (TPSA) is 48.5 Å². The van der Waals surface area contributed by atoms with Crippen LogP contribution in [0.5, 0.6) is 0 Å². The lowest BCUT2D eigenvalue weighted by molar-refractivity contribution is 1.06. The van der Waals surface area contributed by atoms with Gasteiger partial charge in [0.05, 0.1) is 27.8 Å². The highest BCUT2D eigenvalue weighted by molar-refractivity contribution is 6.13. The van der Waals surface area contributed by atoms with Gasteiger partial charge in [0.2, 0.25) is 0 Å². The summed E-state index contributed by atoms with van der Waals surface area (Å²) in [6.45, 7) is 8.70. The average Bonchev–Trinajstić information content (AvgIpc) is 3.92. The van der Waals surface area contributed by atoms with Gasteiger partial charge in [0.25, 0.3) is 0 Å². The minimum Gasteiger partial charge on any atom is -0.309 e. The normalized spacial score (nSPS) is 11.6. The summed E-state index contributed by atoms with van der Waals surface area (Å²) >= 11 is 0. The van der Waals surface area contributed by atoms with E-state index >= 15 is 0 Å². The predicted octanol–water partition coefficient (Wildman–Crippen LogP) is 17.3. The summed E-state index contributed by atoms with van der Waals surface area (Å²) in [4.78, 5) is 16.0. The molecule has 0 fully saturated rings. The Morgan fingerprint density at radius 1 is 0.264 bits per heavy atom. The van der Waals surface area contributed by atoms with Crippen LogP contribution in [0, 0.1) is 27.7 Å². The lowest BCUT2D eigenvalue weighted by Crippen LogP contribution is -2.04. The summed E-state index contributed by atoms with van der Waals surface area (Å²) in [6.07, 6.45) is 0. The van der Waals surface area contributed by atoms with E-state index in [1.165, 1.54) is 60.4 Å². The highest BCUT2D eigenvalue weighted by Gasteiger charge is 2.22. The molecule has 0 atom stereocenters. The smallest absolute Gasteiger partial charge is 0.166 e. The molecular weight excluding hydrogens is 875 g/mol. The SMILES string of the molecule is Cc1cc(C)cc(-c2ccc3c4ccc(-c5cc(C)cc(C)c5)cc4n(-c4ccc(-c5ccc6c(c5)c5ccccc5n6-c5ccccc5)cc4-c4nc(-c5ccccc5)nc(-c5ccccc5)n4)c3c2)c1. The lowest BCUT2D eigenvalue weighted by Gasteiger charge is -2.17. The van der Waals surface area contributed by atoms with Crippen molar-refractivity contribution in [1.29, 1.82) is 0 Å². The van der Waals surface area contributed by atoms with E-state index in [2.05, 4.69) is 225 Å². The molecular formula is C67H49N5. The van der Waals surface area contributed by atoms with Gasteiger partial charge in [-0.05, 0) is 116 Å². The molecule has 0 radical (unpaired) electrons. The number of para-hydroxylation sites is 2. The maximum Gasteiger partial charge on any atom is 0.166 e. The van der Waals surface area contributed by atoms with Crippen molar-refractivity contribution < 1.29 is 0 Å². The van der Waals surface area contributed by atoms with Crippen molar-refractivity contribution in [3.8, 4) is 78.9 Å². The Labute approximate surface area is 419 Å². The van der Waals surface area contributed by atoms with Crippen LogP contribution in [0.3, 0.4) is 0 Å². The molecule has 0 aliphatic rings. The molecule has 0 bridgehead atoms. The summed E-state index contributed by atoms with van der Waals surface area (Å²) in [5.41, 5.74) is 21.2. The second-order valence-electron chi connectivity index (χ2n) is 19.2. The Morgan fingerprint density at radius 3 is 1.26 bits per heavy atom. The van der Waals surface area contributed by atoms with E-state index in [1.54, 1.807) is 0 Å². The summed E-state index contributed by atoms with van der Waals surface area (Å²) in [6, 6.07) is 81.1. The number of hydrogen-bond acceptors (Lipinski definition) is 3. The Kier molecular flexibility index (Phi) is 10.3. The van der Waals surface area contributed by atoms with Gasteiger partial charge in [0.15, 0.2) is 17.5 Å². The lowest BCUT2D eigenvalue weighted by atomic mass is 9.98. The van der Waals surface area contributed by atoms with Gasteiger partial charge in [-0.1, -0.05) is 192 Å². The van der Waals surface area contributed by atoms with Crippen LogP contribution in [0.15, 0.2) is 224 Å². The quantitative estimate of drug-likeness (QED) is 0.153. The van der Waals surface area contributed by atoms with E-state index in [-0.39, 0.29) is 0 Å². The van der Waals surface area contributed by atoms with Gasteiger partial charge in [0, 0.05) is 43.9 Å². The molecule has 0 amide bonds. The minimum absolute atomic E-state index is 0.590. The number of fused-ring (bicyclic) bond motifs is 6. The first-order chi connectivity index (χ1) is 35.3. The number of rotatable bonds is 8. The molecule has 5 heteroatoms.